The number of nitrogens with two attached hydrogens (primary N) is 1. The summed E-state index contributed by atoms with van der Waals surface area (Å²) in [6, 6.07) is 4.34. The maximum absolute atomic E-state index is 13.4. The molecule has 1 aromatic heterocycles. The van der Waals surface area contributed by atoms with Gasteiger partial charge >= 0.3 is 0 Å². The summed E-state index contributed by atoms with van der Waals surface area (Å²) in [6.45, 7) is 1.82. The van der Waals surface area contributed by atoms with E-state index in [4.69, 9.17) is 9.56 Å². The van der Waals surface area contributed by atoms with E-state index in [0.29, 0.717) is 17.7 Å². The van der Waals surface area contributed by atoms with Crippen LogP contribution in [0.3, 0.4) is 0 Å². The van der Waals surface area contributed by atoms with E-state index >= 15 is 0 Å². The zero-order chi connectivity index (χ0) is 15.6. The number of nitrogens with one attached hydrogen (secondary N) is 1. The van der Waals surface area contributed by atoms with E-state index in [0.717, 1.165) is 18.2 Å². The van der Waals surface area contributed by atoms with Crippen LogP contribution in [0, 0.1) is 5.82 Å². The molecule has 0 radical (unpaired) electrons. The second kappa shape index (κ2) is 5.66. The van der Waals surface area contributed by atoms with Crippen molar-refractivity contribution in [3.63, 3.8) is 0 Å². The van der Waals surface area contributed by atoms with E-state index in [1.807, 2.05) is 6.92 Å². The van der Waals surface area contributed by atoms with Crippen molar-refractivity contribution >= 4 is 21.6 Å². The van der Waals surface area contributed by atoms with Crippen molar-refractivity contribution in [1.82, 2.24) is 0 Å². The molecular formula is C13H13FN2O4S. The van der Waals surface area contributed by atoms with Crippen LogP contribution in [-0.4, -0.2) is 14.3 Å². The Morgan fingerprint density at radius 2 is 2.10 bits per heavy atom. The summed E-state index contributed by atoms with van der Waals surface area (Å²) in [5, 5.41) is 7.36. The number of aryl methyl sites for hydroxylation is 1. The number of amides is 1. The van der Waals surface area contributed by atoms with Crippen LogP contribution in [0.25, 0.3) is 0 Å². The van der Waals surface area contributed by atoms with Gasteiger partial charge in [0.15, 0.2) is 0 Å². The van der Waals surface area contributed by atoms with Crippen LogP contribution in [0.15, 0.2) is 39.8 Å². The lowest BCUT2D eigenvalue weighted by Gasteiger charge is -2.07. The molecule has 1 aromatic carbocycles. The normalized spacial score (nSPS) is 11.4. The molecule has 0 saturated carbocycles. The Morgan fingerprint density at radius 1 is 1.38 bits per heavy atom. The number of furan rings is 1. The molecule has 0 spiro atoms. The molecule has 0 aliphatic heterocycles. The van der Waals surface area contributed by atoms with E-state index in [2.05, 4.69) is 5.32 Å². The molecule has 112 valence electrons. The number of sulfonamides is 1. The lowest BCUT2D eigenvalue weighted by molar-refractivity contribution is 0.102. The first-order chi connectivity index (χ1) is 9.81. The van der Waals surface area contributed by atoms with Crippen molar-refractivity contribution in [3.8, 4) is 0 Å². The fraction of sp³-hybridized carbons (Fsp3) is 0.154. The predicted octanol–water partition coefficient (Wildman–Crippen LogP) is 1.88. The van der Waals surface area contributed by atoms with E-state index in [-0.39, 0.29) is 5.69 Å². The third kappa shape index (κ3) is 3.47. The molecule has 0 atom stereocenters. The van der Waals surface area contributed by atoms with Crippen LogP contribution in [0.5, 0.6) is 0 Å². The molecule has 0 saturated heterocycles. The molecule has 1 heterocycles. The van der Waals surface area contributed by atoms with Gasteiger partial charge in [-0.1, -0.05) is 6.92 Å². The Balaban J connectivity index is 2.32. The fourth-order valence-corrected chi connectivity index (χ4v) is 2.38. The van der Waals surface area contributed by atoms with Gasteiger partial charge in [0.05, 0.1) is 16.7 Å². The van der Waals surface area contributed by atoms with Crippen LogP contribution in [0.1, 0.15) is 23.0 Å². The molecule has 1 amide bonds. The number of rotatable bonds is 4. The summed E-state index contributed by atoms with van der Waals surface area (Å²) in [5.74, 6) is -0.859. The van der Waals surface area contributed by atoms with Crippen molar-refractivity contribution in [3.05, 3.63) is 47.7 Å². The highest BCUT2D eigenvalue weighted by Gasteiger charge is 2.16. The largest absolute Gasteiger partial charge is 0.469 e. The van der Waals surface area contributed by atoms with Gasteiger partial charge in [0.2, 0.25) is 10.0 Å². The SMILES string of the molecule is CCc1occc1C(=O)Nc1cc(F)cc(S(N)(=O)=O)c1. The van der Waals surface area contributed by atoms with Crippen LogP contribution in [0.2, 0.25) is 0 Å². The van der Waals surface area contributed by atoms with Crippen molar-refractivity contribution in [1.29, 1.82) is 0 Å². The zero-order valence-corrected chi connectivity index (χ0v) is 11.9. The summed E-state index contributed by atoms with van der Waals surface area (Å²) in [6.07, 6.45) is 1.89. The van der Waals surface area contributed by atoms with Gasteiger partial charge in [-0.05, 0) is 24.3 Å². The summed E-state index contributed by atoms with van der Waals surface area (Å²) >= 11 is 0. The molecule has 0 unspecified atom stereocenters. The summed E-state index contributed by atoms with van der Waals surface area (Å²) in [7, 11) is -4.06. The molecule has 0 bridgehead atoms. The van der Waals surface area contributed by atoms with Crippen molar-refractivity contribution in [2.24, 2.45) is 5.14 Å². The Kier molecular flexibility index (Phi) is 4.10. The van der Waals surface area contributed by atoms with E-state index < -0.39 is 26.6 Å². The number of anilines is 1. The molecule has 21 heavy (non-hydrogen) atoms. The third-order valence-corrected chi connectivity index (χ3v) is 3.66. The maximum atomic E-state index is 13.4. The van der Waals surface area contributed by atoms with Crippen molar-refractivity contribution in [2.75, 3.05) is 5.32 Å². The Morgan fingerprint density at radius 3 is 2.71 bits per heavy atom. The standard InChI is InChI=1S/C13H13FN2O4S/c1-2-12-11(3-4-20-12)13(17)16-9-5-8(14)6-10(7-9)21(15,18)19/h3-7H,2H2,1H3,(H,16,17)(H2,15,18,19). The molecule has 0 aliphatic carbocycles. The summed E-state index contributed by atoms with van der Waals surface area (Å²) in [4.78, 5) is 11.6. The molecule has 0 fully saturated rings. The number of benzene rings is 1. The zero-order valence-electron chi connectivity index (χ0n) is 11.1. The number of hydrogen-bond acceptors (Lipinski definition) is 4. The smallest absolute Gasteiger partial charge is 0.259 e. The Bertz CT molecular complexity index is 783. The average molecular weight is 312 g/mol. The fourth-order valence-electron chi connectivity index (χ4n) is 1.81. The van der Waals surface area contributed by atoms with Gasteiger partial charge in [0.25, 0.3) is 5.91 Å². The van der Waals surface area contributed by atoms with Gasteiger partial charge in [-0.3, -0.25) is 4.79 Å². The third-order valence-electron chi connectivity index (χ3n) is 2.77. The number of halogens is 1. The highest BCUT2D eigenvalue weighted by Crippen LogP contribution is 2.19. The van der Waals surface area contributed by atoms with Gasteiger partial charge in [0, 0.05) is 12.1 Å². The topological polar surface area (TPSA) is 102 Å². The lowest BCUT2D eigenvalue weighted by Crippen LogP contribution is -2.15. The molecule has 2 rings (SSSR count). The minimum Gasteiger partial charge on any atom is -0.469 e. The highest BCUT2D eigenvalue weighted by molar-refractivity contribution is 7.89. The van der Waals surface area contributed by atoms with Crippen molar-refractivity contribution < 1.29 is 22.0 Å². The van der Waals surface area contributed by atoms with Crippen LogP contribution >= 0.6 is 0 Å². The summed E-state index contributed by atoms with van der Waals surface area (Å²) in [5.41, 5.74) is 0.297. The minimum absolute atomic E-state index is 0.00715. The van der Waals surface area contributed by atoms with Gasteiger partial charge in [-0.2, -0.15) is 0 Å². The average Bonchev–Trinajstić information content (AvgIpc) is 2.85. The maximum Gasteiger partial charge on any atom is 0.259 e. The Labute approximate surface area is 120 Å². The second-order valence-corrected chi connectivity index (χ2v) is 5.85. The Hall–Kier alpha value is -2.19. The van der Waals surface area contributed by atoms with Gasteiger partial charge < -0.3 is 9.73 Å². The van der Waals surface area contributed by atoms with Gasteiger partial charge in [-0.25, -0.2) is 17.9 Å². The van der Waals surface area contributed by atoms with E-state index in [1.54, 1.807) is 0 Å². The van der Waals surface area contributed by atoms with Gasteiger partial charge in [0.1, 0.15) is 11.6 Å². The molecule has 6 nitrogen and oxygen atoms in total. The second-order valence-electron chi connectivity index (χ2n) is 4.29. The minimum atomic E-state index is -4.06. The van der Waals surface area contributed by atoms with Gasteiger partial charge in [-0.15, -0.1) is 0 Å². The molecule has 8 heteroatoms. The van der Waals surface area contributed by atoms with Crippen LogP contribution in [0.4, 0.5) is 10.1 Å². The quantitative estimate of drug-likeness (QED) is 0.899. The lowest BCUT2D eigenvalue weighted by atomic mass is 10.2. The van der Waals surface area contributed by atoms with Crippen molar-refractivity contribution in [2.45, 2.75) is 18.2 Å². The number of primary sulfonamides is 1. The van der Waals surface area contributed by atoms with E-state index in [1.165, 1.54) is 12.3 Å². The first kappa shape index (κ1) is 15.2. The van der Waals surface area contributed by atoms with E-state index in [9.17, 15) is 17.6 Å². The molecule has 0 aliphatic rings. The molecule has 3 N–H and O–H groups in total. The number of carbonyl (C=O) groups excluding carboxylic acids is 1. The van der Waals surface area contributed by atoms with Crippen LogP contribution in [-0.2, 0) is 16.4 Å². The number of hydrogen-bond donors (Lipinski definition) is 2. The highest BCUT2D eigenvalue weighted by atomic mass is 32.2. The first-order valence-electron chi connectivity index (χ1n) is 6.02. The first-order valence-corrected chi connectivity index (χ1v) is 7.57. The summed E-state index contributed by atoms with van der Waals surface area (Å²) < 4.78 is 41.0. The molecule has 2 aromatic rings. The number of carbonyl (C=O) groups is 1. The van der Waals surface area contributed by atoms with Crippen LogP contribution < -0.4 is 10.5 Å². The predicted molar refractivity (Wildman–Crippen MR) is 73.8 cm³/mol. The monoisotopic (exact) mass is 312 g/mol. The molecular weight excluding hydrogens is 299 g/mol.